The Morgan fingerprint density at radius 1 is 1.22 bits per heavy atom. The van der Waals surface area contributed by atoms with Crippen LogP contribution in [-0.4, -0.2) is 10.4 Å². The molecule has 0 aliphatic heterocycles. The summed E-state index contributed by atoms with van der Waals surface area (Å²) in [7, 11) is 0. The summed E-state index contributed by atoms with van der Waals surface area (Å²) in [6.45, 7) is 13.4. The lowest BCUT2D eigenvalue weighted by Crippen LogP contribution is -2.18. The molecule has 124 valence electrons. The molecule has 0 unspecified atom stereocenters. The largest absolute Gasteiger partial charge is 0.347 e. The third kappa shape index (κ3) is 3.93. The predicted molar refractivity (Wildman–Crippen MR) is 99.0 cm³/mol. The first-order valence-electron chi connectivity index (χ1n) is 8.64. The highest BCUT2D eigenvalue weighted by atomic mass is 16.1. The number of ketones is 1. The van der Waals surface area contributed by atoms with Crippen LogP contribution in [0, 0.1) is 5.41 Å². The molecule has 0 amide bonds. The normalized spacial score (nSPS) is 11.8. The summed E-state index contributed by atoms with van der Waals surface area (Å²) < 4.78 is 2.24. The Balaban J connectivity index is 2.33. The van der Waals surface area contributed by atoms with Crippen LogP contribution in [0.15, 0.2) is 42.6 Å². The quantitative estimate of drug-likeness (QED) is 0.332. The van der Waals surface area contributed by atoms with Gasteiger partial charge in [-0.15, -0.1) is 0 Å². The zero-order valence-corrected chi connectivity index (χ0v) is 15.0. The maximum atomic E-state index is 12.9. The second-order valence-corrected chi connectivity index (χ2v) is 7.22. The Kier molecular flexibility index (Phi) is 5.46. The van der Waals surface area contributed by atoms with Gasteiger partial charge in [0.1, 0.15) is 0 Å². The summed E-state index contributed by atoms with van der Waals surface area (Å²) in [6, 6.07) is 8.23. The average molecular weight is 311 g/mol. The molecule has 0 saturated heterocycles. The molecule has 0 N–H and O–H groups in total. The van der Waals surface area contributed by atoms with E-state index in [-0.39, 0.29) is 11.2 Å². The number of benzene rings is 1. The van der Waals surface area contributed by atoms with Crippen LogP contribution in [0.4, 0.5) is 0 Å². The molecule has 23 heavy (non-hydrogen) atoms. The smallest absolute Gasteiger partial charge is 0.165 e. The molecule has 0 spiro atoms. The van der Waals surface area contributed by atoms with Gasteiger partial charge in [-0.25, -0.2) is 0 Å². The zero-order chi connectivity index (χ0) is 17.0. The molecule has 0 fully saturated rings. The van der Waals surface area contributed by atoms with Crippen LogP contribution < -0.4 is 0 Å². The van der Waals surface area contributed by atoms with Crippen LogP contribution in [0.1, 0.15) is 63.7 Å². The van der Waals surface area contributed by atoms with Crippen molar-refractivity contribution in [3.8, 4) is 0 Å². The van der Waals surface area contributed by atoms with Gasteiger partial charge in [0.2, 0.25) is 0 Å². The standard InChI is InChI=1S/C21H29NO/c1-6-7-10-13-22-15-18(17-11-8-9-12-19(17)22)20(23)14-21(4,5)16(2)3/h8-9,11-12,15H,2,6-7,10,13-14H2,1,3-5H3. The Morgan fingerprint density at radius 3 is 2.57 bits per heavy atom. The van der Waals surface area contributed by atoms with Crippen molar-refractivity contribution in [1.82, 2.24) is 4.57 Å². The Hall–Kier alpha value is -1.83. The Bertz CT molecular complexity index is 706. The molecular weight excluding hydrogens is 282 g/mol. The molecule has 1 aromatic heterocycles. The summed E-state index contributed by atoms with van der Waals surface area (Å²) in [4.78, 5) is 12.9. The Morgan fingerprint density at radius 2 is 1.91 bits per heavy atom. The molecule has 2 heteroatoms. The second-order valence-electron chi connectivity index (χ2n) is 7.22. The molecule has 1 heterocycles. The summed E-state index contributed by atoms with van der Waals surface area (Å²) in [5.74, 6) is 0.212. The van der Waals surface area contributed by atoms with E-state index in [0.29, 0.717) is 6.42 Å². The molecular formula is C21H29NO. The van der Waals surface area contributed by atoms with Crippen LogP contribution in [0.2, 0.25) is 0 Å². The van der Waals surface area contributed by atoms with Gasteiger partial charge in [-0.3, -0.25) is 4.79 Å². The first-order chi connectivity index (χ1) is 10.9. The lowest BCUT2D eigenvalue weighted by Gasteiger charge is -2.23. The topological polar surface area (TPSA) is 22.0 Å². The Labute approximate surface area is 140 Å². The summed E-state index contributed by atoms with van der Waals surface area (Å²) in [6.07, 6.45) is 6.14. The van der Waals surface area contributed by atoms with E-state index in [2.05, 4.69) is 50.2 Å². The number of carbonyl (C=O) groups is 1. The summed E-state index contributed by atoms with van der Waals surface area (Å²) in [5, 5.41) is 1.08. The van der Waals surface area contributed by atoms with Crippen LogP contribution >= 0.6 is 0 Å². The number of hydrogen-bond donors (Lipinski definition) is 0. The number of fused-ring (bicyclic) bond motifs is 1. The van der Waals surface area contributed by atoms with Crippen LogP contribution in [0.25, 0.3) is 10.9 Å². The number of para-hydroxylation sites is 1. The fourth-order valence-corrected chi connectivity index (χ4v) is 2.83. The van der Waals surface area contributed by atoms with Crippen molar-refractivity contribution in [3.63, 3.8) is 0 Å². The fraction of sp³-hybridized carbons (Fsp3) is 0.476. The third-order valence-electron chi connectivity index (χ3n) is 4.85. The van der Waals surface area contributed by atoms with Gasteiger partial charge in [0.15, 0.2) is 5.78 Å². The number of Topliss-reactive ketones (excluding diaryl/α,β-unsaturated/α-hetero) is 1. The molecule has 1 aromatic carbocycles. The predicted octanol–water partition coefficient (Wildman–Crippen LogP) is 6.01. The van der Waals surface area contributed by atoms with Gasteiger partial charge in [0, 0.05) is 35.6 Å². The van der Waals surface area contributed by atoms with Gasteiger partial charge in [-0.05, 0) is 24.8 Å². The molecule has 2 aromatic rings. The fourth-order valence-electron chi connectivity index (χ4n) is 2.83. The summed E-state index contributed by atoms with van der Waals surface area (Å²) in [5.41, 5.74) is 2.91. The van der Waals surface area contributed by atoms with Crippen molar-refractivity contribution in [1.29, 1.82) is 0 Å². The van der Waals surface area contributed by atoms with Crippen molar-refractivity contribution in [3.05, 3.63) is 48.2 Å². The number of nitrogens with zero attached hydrogens (tertiary/aromatic N) is 1. The molecule has 2 rings (SSSR count). The van der Waals surface area contributed by atoms with E-state index >= 15 is 0 Å². The molecule has 0 bridgehead atoms. The number of allylic oxidation sites excluding steroid dienone is 1. The first-order valence-corrected chi connectivity index (χ1v) is 8.64. The van der Waals surface area contributed by atoms with E-state index in [4.69, 9.17) is 0 Å². The van der Waals surface area contributed by atoms with E-state index in [1.54, 1.807) is 0 Å². The average Bonchev–Trinajstić information content (AvgIpc) is 2.86. The number of rotatable bonds is 8. The first kappa shape index (κ1) is 17.5. The SMILES string of the molecule is C=C(C)C(C)(C)CC(=O)c1cn(CCCCC)c2ccccc12. The number of unbranched alkanes of at least 4 members (excludes halogenated alkanes) is 2. The van der Waals surface area contributed by atoms with Crippen LogP contribution in [0.5, 0.6) is 0 Å². The van der Waals surface area contributed by atoms with Crippen molar-refractivity contribution in [2.24, 2.45) is 5.41 Å². The van der Waals surface area contributed by atoms with Crippen molar-refractivity contribution < 1.29 is 4.79 Å². The number of carbonyl (C=O) groups excluding carboxylic acids is 1. The highest BCUT2D eigenvalue weighted by molar-refractivity contribution is 6.08. The number of hydrogen-bond acceptors (Lipinski definition) is 1. The zero-order valence-electron chi connectivity index (χ0n) is 15.0. The summed E-state index contributed by atoms with van der Waals surface area (Å²) >= 11 is 0. The highest BCUT2D eigenvalue weighted by Crippen LogP contribution is 2.32. The minimum Gasteiger partial charge on any atom is -0.347 e. The third-order valence-corrected chi connectivity index (χ3v) is 4.85. The van der Waals surface area contributed by atoms with E-state index < -0.39 is 0 Å². The molecule has 2 nitrogen and oxygen atoms in total. The maximum Gasteiger partial charge on any atom is 0.165 e. The van der Waals surface area contributed by atoms with Gasteiger partial charge < -0.3 is 4.57 Å². The van der Waals surface area contributed by atoms with Crippen LogP contribution in [0.3, 0.4) is 0 Å². The van der Waals surface area contributed by atoms with E-state index in [1.807, 2.05) is 19.1 Å². The van der Waals surface area contributed by atoms with Gasteiger partial charge >= 0.3 is 0 Å². The number of aryl methyl sites for hydroxylation is 1. The van der Waals surface area contributed by atoms with Gasteiger partial charge in [0.25, 0.3) is 0 Å². The minimum atomic E-state index is -0.164. The molecule has 0 radical (unpaired) electrons. The van der Waals surface area contributed by atoms with Crippen molar-refractivity contribution >= 4 is 16.7 Å². The molecule has 0 saturated carbocycles. The maximum absolute atomic E-state index is 12.9. The van der Waals surface area contributed by atoms with Crippen LogP contribution in [-0.2, 0) is 6.54 Å². The molecule has 0 atom stereocenters. The monoisotopic (exact) mass is 311 g/mol. The van der Waals surface area contributed by atoms with Gasteiger partial charge in [-0.2, -0.15) is 0 Å². The lowest BCUT2D eigenvalue weighted by atomic mass is 9.80. The van der Waals surface area contributed by atoms with Gasteiger partial charge in [0.05, 0.1) is 0 Å². The van der Waals surface area contributed by atoms with Gasteiger partial charge in [-0.1, -0.05) is 64.0 Å². The number of aromatic nitrogens is 1. The highest BCUT2D eigenvalue weighted by Gasteiger charge is 2.25. The molecule has 0 aliphatic rings. The minimum absolute atomic E-state index is 0.164. The van der Waals surface area contributed by atoms with Crippen molar-refractivity contribution in [2.75, 3.05) is 0 Å². The molecule has 0 aliphatic carbocycles. The lowest BCUT2D eigenvalue weighted by molar-refractivity contribution is 0.0947. The van der Waals surface area contributed by atoms with E-state index in [0.717, 1.165) is 29.5 Å². The van der Waals surface area contributed by atoms with Crippen molar-refractivity contribution in [2.45, 2.75) is 59.9 Å². The second kappa shape index (κ2) is 7.16. The van der Waals surface area contributed by atoms with E-state index in [9.17, 15) is 4.79 Å². The van der Waals surface area contributed by atoms with E-state index in [1.165, 1.54) is 18.4 Å².